The summed E-state index contributed by atoms with van der Waals surface area (Å²) in [4.78, 5) is 13.6. The number of nitrogens with one attached hydrogen (secondary N) is 1. The molecule has 3 aliphatic heterocycles. The van der Waals surface area contributed by atoms with Crippen LogP contribution >= 0.6 is 0 Å². The quantitative estimate of drug-likeness (QED) is 0.871. The number of hydrogen-bond acceptors (Lipinski definition) is 6. The Kier molecular flexibility index (Phi) is 3.62. The van der Waals surface area contributed by atoms with Crippen molar-refractivity contribution in [1.29, 1.82) is 0 Å². The zero-order chi connectivity index (χ0) is 20.2. The lowest BCUT2D eigenvalue weighted by molar-refractivity contribution is 0.193. The molecule has 1 saturated heterocycles. The van der Waals surface area contributed by atoms with Gasteiger partial charge >= 0.3 is 0 Å². The number of aryl methyl sites for hydroxylation is 1. The van der Waals surface area contributed by atoms with Crippen LogP contribution in [0.25, 0.3) is 11.3 Å². The van der Waals surface area contributed by atoms with E-state index in [-0.39, 0.29) is 5.54 Å². The van der Waals surface area contributed by atoms with E-state index in [2.05, 4.69) is 51.3 Å². The minimum atomic E-state index is 0.0901. The molecule has 0 amide bonds. The van der Waals surface area contributed by atoms with Gasteiger partial charge in [-0.3, -0.25) is 0 Å². The van der Waals surface area contributed by atoms with Crippen molar-refractivity contribution in [2.75, 3.05) is 26.2 Å². The van der Waals surface area contributed by atoms with Crippen LogP contribution in [0.5, 0.6) is 0 Å². The van der Waals surface area contributed by atoms with E-state index < -0.39 is 0 Å². The minimum absolute atomic E-state index is 0.0901. The van der Waals surface area contributed by atoms with Crippen LogP contribution in [0.4, 0.5) is 0 Å². The Morgan fingerprint density at radius 2 is 2.14 bits per heavy atom. The van der Waals surface area contributed by atoms with E-state index in [1.54, 1.807) is 4.52 Å². The van der Waals surface area contributed by atoms with E-state index in [1.807, 2.05) is 31.3 Å². The third kappa shape index (κ3) is 3.11. The topological polar surface area (TPSA) is 61.1 Å². The number of fused-ring (bicyclic) bond motifs is 2. The molecule has 0 saturated carbocycles. The number of imidazole rings is 1. The van der Waals surface area contributed by atoms with Crippen molar-refractivity contribution in [3.63, 3.8) is 0 Å². The molecule has 0 unspecified atom stereocenters. The van der Waals surface area contributed by atoms with Gasteiger partial charge in [0, 0.05) is 37.9 Å². The van der Waals surface area contributed by atoms with E-state index in [1.165, 1.54) is 5.70 Å². The molecule has 1 N–H and O–H groups in total. The highest BCUT2D eigenvalue weighted by molar-refractivity contribution is 5.99. The fourth-order valence-electron chi connectivity index (χ4n) is 3.89. The third-order valence-electron chi connectivity index (χ3n) is 5.25. The molecule has 2 aromatic heterocycles. The number of amidine groups is 1. The molecule has 1 fully saturated rings. The maximum absolute atomic E-state index is 8.57. The Bertz CT molecular complexity index is 1110. The Labute approximate surface area is 166 Å². The molecule has 7 heteroatoms. The molecule has 7 nitrogen and oxygen atoms in total. The molecule has 5 heterocycles. The molecule has 5 rings (SSSR count). The highest BCUT2D eigenvalue weighted by atomic mass is 15.3. The van der Waals surface area contributed by atoms with Crippen LogP contribution in [0.3, 0.4) is 0 Å². The monoisotopic (exact) mass is 376 g/mol. The molecule has 0 aliphatic carbocycles. The van der Waals surface area contributed by atoms with E-state index in [0.717, 1.165) is 36.8 Å². The summed E-state index contributed by atoms with van der Waals surface area (Å²) in [5.74, 6) is 0.845. The van der Waals surface area contributed by atoms with Gasteiger partial charge in [-0.05, 0) is 51.1 Å². The standard InChI is InChI=1S/C21H25N7/c1-15-12-28-20(23-15)7-5-18(25-28)17-8-10-26-13-16(4-6-19(26)24-17)27-11-9-22-21(2,3)14-27/h4-8,12-13,22H,9-11,14H2,1-3H3/i8D. The van der Waals surface area contributed by atoms with E-state index in [0.29, 0.717) is 24.0 Å². The van der Waals surface area contributed by atoms with Crippen molar-refractivity contribution >= 4 is 17.2 Å². The maximum Gasteiger partial charge on any atom is 0.153 e. The molecule has 0 atom stereocenters. The Morgan fingerprint density at radius 1 is 1.25 bits per heavy atom. The van der Waals surface area contributed by atoms with Crippen LogP contribution < -0.4 is 5.32 Å². The lowest BCUT2D eigenvalue weighted by Crippen LogP contribution is -2.56. The van der Waals surface area contributed by atoms with Gasteiger partial charge in [0.15, 0.2) is 5.65 Å². The first-order valence-corrected chi connectivity index (χ1v) is 9.66. The molecule has 28 heavy (non-hydrogen) atoms. The fourth-order valence-corrected chi connectivity index (χ4v) is 3.89. The lowest BCUT2D eigenvalue weighted by Gasteiger charge is -2.42. The molecule has 0 spiro atoms. The first-order chi connectivity index (χ1) is 13.9. The van der Waals surface area contributed by atoms with Gasteiger partial charge in [-0.25, -0.2) is 14.5 Å². The van der Waals surface area contributed by atoms with Crippen LogP contribution in [0, 0.1) is 6.92 Å². The third-order valence-corrected chi connectivity index (χ3v) is 5.25. The first kappa shape index (κ1) is 16.1. The van der Waals surface area contributed by atoms with Crippen LogP contribution in [0.15, 0.2) is 53.4 Å². The second-order valence-electron chi connectivity index (χ2n) is 8.15. The van der Waals surface area contributed by atoms with Crippen molar-refractivity contribution in [3.05, 3.63) is 59.8 Å². The van der Waals surface area contributed by atoms with E-state index in [9.17, 15) is 0 Å². The maximum atomic E-state index is 8.57. The molecule has 0 bridgehead atoms. The van der Waals surface area contributed by atoms with Crippen molar-refractivity contribution < 1.29 is 1.37 Å². The number of hydrogen-bond donors (Lipinski definition) is 1. The molecule has 0 radical (unpaired) electrons. The van der Waals surface area contributed by atoms with Gasteiger partial charge in [0.2, 0.25) is 0 Å². The highest BCUT2D eigenvalue weighted by Gasteiger charge is 2.28. The second kappa shape index (κ2) is 6.31. The van der Waals surface area contributed by atoms with Crippen LogP contribution in [-0.2, 0) is 0 Å². The van der Waals surface area contributed by atoms with Gasteiger partial charge in [-0.15, -0.1) is 0 Å². The van der Waals surface area contributed by atoms with Crippen molar-refractivity contribution in [3.8, 4) is 0 Å². The number of piperazine rings is 1. The Balaban J connectivity index is 1.42. The second-order valence-corrected chi connectivity index (χ2v) is 8.15. The molecule has 2 aromatic rings. The van der Waals surface area contributed by atoms with Crippen molar-refractivity contribution in [1.82, 2.24) is 29.7 Å². The number of rotatable bonds is 2. The van der Waals surface area contributed by atoms with Gasteiger partial charge in [0.1, 0.15) is 11.5 Å². The summed E-state index contributed by atoms with van der Waals surface area (Å²) in [6.45, 7) is 9.77. The van der Waals surface area contributed by atoms with Crippen LogP contribution in [-0.4, -0.2) is 62.0 Å². The van der Waals surface area contributed by atoms with Crippen LogP contribution in [0.1, 0.15) is 26.6 Å². The molecular weight excluding hydrogens is 350 g/mol. The fraction of sp³-hybridized carbons (Fsp3) is 0.381. The van der Waals surface area contributed by atoms with Gasteiger partial charge in [0.05, 0.1) is 24.7 Å². The molecule has 0 aromatic carbocycles. The summed E-state index contributed by atoms with van der Waals surface area (Å²) in [5, 5.41) is 8.16. The van der Waals surface area contributed by atoms with Gasteiger partial charge in [-0.1, -0.05) is 0 Å². The Hall–Kier alpha value is -2.93. The molecule has 3 aliphatic rings. The SMILES string of the molecule is [2H]C1=C(c2ccc3nc(C)cn3n2)N=C2C=CC(N3CCNC(C)(C)C3)=CN2C1. The lowest BCUT2D eigenvalue weighted by atomic mass is 10.0. The smallest absolute Gasteiger partial charge is 0.153 e. The zero-order valence-corrected chi connectivity index (χ0v) is 16.5. The van der Waals surface area contributed by atoms with Gasteiger partial charge in [-0.2, -0.15) is 5.10 Å². The van der Waals surface area contributed by atoms with Crippen molar-refractivity contribution in [2.24, 2.45) is 4.99 Å². The average Bonchev–Trinajstić information content (AvgIpc) is 3.05. The van der Waals surface area contributed by atoms with E-state index >= 15 is 0 Å². The number of aromatic nitrogens is 3. The summed E-state index contributed by atoms with van der Waals surface area (Å²) in [5.41, 5.74) is 4.29. The van der Waals surface area contributed by atoms with Gasteiger partial charge < -0.3 is 15.1 Å². The highest BCUT2D eigenvalue weighted by Crippen LogP contribution is 2.24. The van der Waals surface area contributed by atoms with Crippen LogP contribution in [0.2, 0.25) is 0 Å². The first-order valence-electron chi connectivity index (χ1n) is 10.2. The summed E-state index contributed by atoms with van der Waals surface area (Å²) < 4.78 is 10.3. The molecular formula is C21H25N7. The van der Waals surface area contributed by atoms with Crippen molar-refractivity contribution in [2.45, 2.75) is 26.3 Å². The summed E-state index contributed by atoms with van der Waals surface area (Å²) in [6.07, 6.45) is 8.16. The Morgan fingerprint density at radius 3 is 3.00 bits per heavy atom. The normalized spacial score (nSPS) is 22.2. The summed E-state index contributed by atoms with van der Waals surface area (Å²) >= 11 is 0. The molecule has 144 valence electrons. The minimum Gasteiger partial charge on any atom is -0.367 e. The zero-order valence-electron chi connectivity index (χ0n) is 17.5. The summed E-state index contributed by atoms with van der Waals surface area (Å²) in [7, 11) is 0. The largest absolute Gasteiger partial charge is 0.367 e. The van der Waals surface area contributed by atoms with Gasteiger partial charge in [0.25, 0.3) is 0 Å². The predicted octanol–water partition coefficient (Wildman–Crippen LogP) is 2.19. The van der Waals surface area contributed by atoms with E-state index in [4.69, 9.17) is 6.36 Å². The number of aliphatic imine (C=N–C) groups is 1. The number of nitrogens with zero attached hydrogens (tertiary/aromatic N) is 6. The summed E-state index contributed by atoms with van der Waals surface area (Å²) in [6, 6.07) is 4.27. The average molecular weight is 376 g/mol. The predicted molar refractivity (Wildman–Crippen MR) is 111 cm³/mol. The number of allylic oxidation sites excluding steroid dienone is 1.